The molecule has 1 aromatic carbocycles. The Kier molecular flexibility index (Phi) is 6.98. The Bertz CT molecular complexity index is 579. The van der Waals surface area contributed by atoms with E-state index < -0.39 is 6.04 Å². The molecule has 2 aliphatic heterocycles. The first-order valence-electron chi connectivity index (χ1n) is 7.84. The second kappa shape index (κ2) is 8.76. The maximum atomic E-state index is 12.2. The highest BCUT2D eigenvalue weighted by atomic mass is 35.5. The summed E-state index contributed by atoms with van der Waals surface area (Å²) in [4.78, 5) is 12.2. The van der Waals surface area contributed by atoms with Gasteiger partial charge in [-0.1, -0.05) is 11.6 Å². The minimum absolute atomic E-state index is 0. The van der Waals surface area contributed by atoms with E-state index in [1.54, 1.807) is 6.07 Å². The minimum Gasteiger partial charge on any atom is -0.486 e. The highest BCUT2D eigenvalue weighted by Gasteiger charge is 2.26. The van der Waals surface area contributed by atoms with Crippen LogP contribution in [0.4, 0.5) is 0 Å². The van der Waals surface area contributed by atoms with Crippen molar-refractivity contribution < 1.29 is 19.0 Å². The highest BCUT2D eigenvalue weighted by Crippen LogP contribution is 2.38. The van der Waals surface area contributed by atoms with Crippen molar-refractivity contribution >= 4 is 29.9 Å². The molecule has 1 unspecified atom stereocenters. The number of fused-ring (bicyclic) bond motifs is 1. The summed E-state index contributed by atoms with van der Waals surface area (Å²) in [5, 5.41) is 3.36. The molecule has 0 spiro atoms. The number of nitrogens with two attached hydrogens (primary N) is 1. The number of hydrogen-bond donors (Lipinski definition) is 2. The number of benzene rings is 1. The van der Waals surface area contributed by atoms with Gasteiger partial charge in [-0.2, -0.15) is 0 Å². The van der Waals surface area contributed by atoms with E-state index in [1.165, 1.54) is 0 Å². The second-order valence-corrected chi connectivity index (χ2v) is 6.20. The number of rotatable bonds is 4. The molecule has 2 aliphatic rings. The molecule has 0 bridgehead atoms. The summed E-state index contributed by atoms with van der Waals surface area (Å²) in [5.41, 5.74) is 6.91. The Morgan fingerprint density at radius 3 is 2.71 bits per heavy atom. The van der Waals surface area contributed by atoms with Crippen molar-refractivity contribution in [2.45, 2.75) is 25.4 Å². The number of carbonyl (C=O) groups excluding carboxylic acids is 1. The number of halogens is 2. The van der Waals surface area contributed by atoms with Gasteiger partial charge in [0.15, 0.2) is 11.5 Å². The topological polar surface area (TPSA) is 82.8 Å². The molecule has 1 amide bonds. The van der Waals surface area contributed by atoms with Crippen LogP contribution in [0.3, 0.4) is 0 Å². The van der Waals surface area contributed by atoms with Gasteiger partial charge in [0.2, 0.25) is 5.91 Å². The lowest BCUT2D eigenvalue weighted by Crippen LogP contribution is -2.46. The van der Waals surface area contributed by atoms with Crippen molar-refractivity contribution in [1.29, 1.82) is 0 Å². The van der Waals surface area contributed by atoms with E-state index in [1.807, 2.05) is 6.07 Å². The van der Waals surface area contributed by atoms with Crippen molar-refractivity contribution in [3.63, 3.8) is 0 Å². The SMILES string of the molecule is Cl.NC(C(=O)NCc1cc(Cl)c2c(c1)OCCO2)C1CCOCC1. The third-order valence-corrected chi connectivity index (χ3v) is 4.48. The molecular weight excluding hydrogens is 355 g/mol. The van der Waals surface area contributed by atoms with Crippen LogP contribution in [0.25, 0.3) is 0 Å². The van der Waals surface area contributed by atoms with E-state index in [0.717, 1.165) is 18.4 Å². The van der Waals surface area contributed by atoms with Gasteiger partial charge in [-0.05, 0) is 36.5 Å². The molecule has 1 saturated heterocycles. The molecule has 1 fully saturated rings. The normalized spacial score (nSPS) is 18.4. The van der Waals surface area contributed by atoms with Gasteiger partial charge < -0.3 is 25.3 Å². The third-order valence-electron chi connectivity index (χ3n) is 4.20. The molecule has 0 aliphatic carbocycles. The predicted octanol–water partition coefficient (Wildman–Crippen LogP) is 1.90. The quantitative estimate of drug-likeness (QED) is 0.838. The summed E-state index contributed by atoms with van der Waals surface area (Å²) < 4.78 is 16.3. The standard InChI is InChI=1S/C16H21ClN2O4.ClH/c17-12-7-10(8-13-15(12)23-6-5-22-13)9-19-16(20)14(18)11-1-3-21-4-2-11;/h7-8,11,14H,1-6,9,18H2,(H,19,20);1H. The van der Waals surface area contributed by atoms with Crippen LogP contribution in [0.1, 0.15) is 18.4 Å². The van der Waals surface area contributed by atoms with Gasteiger partial charge in [-0.25, -0.2) is 0 Å². The van der Waals surface area contributed by atoms with Crippen molar-refractivity contribution in [2.75, 3.05) is 26.4 Å². The number of carbonyl (C=O) groups is 1. The van der Waals surface area contributed by atoms with Gasteiger partial charge in [-0.15, -0.1) is 12.4 Å². The van der Waals surface area contributed by atoms with Crippen LogP contribution in [0.2, 0.25) is 5.02 Å². The van der Waals surface area contributed by atoms with Gasteiger partial charge in [0.05, 0.1) is 11.1 Å². The second-order valence-electron chi connectivity index (χ2n) is 5.80. The molecule has 0 saturated carbocycles. The Labute approximate surface area is 152 Å². The number of ether oxygens (including phenoxy) is 3. The molecule has 0 radical (unpaired) electrons. The van der Waals surface area contributed by atoms with Crippen LogP contribution in [0.5, 0.6) is 11.5 Å². The monoisotopic (exact) mass is 376 g/mol. The molecule has 1 atom stereocenters. The summed E-state index contributed by atoms with van der Waals surface area (Å²) in [5.74, 6) is 1.20. The van der Waals surface area contributed by atoms with E-state index in [4.69, 9.17) is 31.5 Å². The summed E-state index contributed by atoms with van der Waals surface area (Å²) in [7, 11) is 0. The molecule has 24 heavy (non-hydrogen) atoms. The fourth-order valence-corrected chi connectivity index (χ4v) is 3.15. The fourth-order valence-electron chi connectivity index (χ4n) is 2.86. The molecule has 6 nitrogen and oxygen atoms in total. The molecule has 3 rings (SSSR count). The van der Waals surface area contributed by atoms with Crippen LogP contribution in [0, 0.1) is 5.92 Å². The van der Waals surface area contributed by atoms with E-state index in [0.29, 0.717) is 49.5 Å². The minimum atomic E-state index is -0.508. The maximum Gasteiger partial charge on any atom is 0.237 e. The average molecular weight is 377 g/mol. The smallest absolute Gasteiger partial charge is 0.237 e. The molecule has 134 valence electrons. The molecule has 3 N–H and O–H groups in total. The van der Waals surface area contributed by atoms with Gasteiger partial charge in [0.1, 0.15) is 13.2 Å². The van der Waals surface area contributed by atoms with Crippen molar-refractivity contribution in [2.24, 2.45) is 11.7 Å². The van der Waals surface area contributed by atoms with E-state index in [-0.39, 0.29) is 24.2 Å². The van der Waals surface area contributed by atoms with Crippen LogP contribution in [-0.4, -0.2) is 38.4 Å². The predicted molar refractivity (Wildman–Crippen MR) is 93.1 cm³/mol. The number of amides is 1. The largest absolute Gasteiger partial charge is 0.486 e. The summed E-state index contributed by atoms with van der Waals surface area (Å²) in [6, 6.07) is 3.10. The van der Waals surface area contributed by atoms with Crippen molar-refractivity contribution in [3.8, 4) is 11.5 Å². The van der Waals surface area contributed by atoms with Crippen LogP contribution in [0.15, 0.2) is 12.1 Å². The molecule has 2 heterocycles. The number of hydrogen-bond acceptors (Lipinski definition) is 5. The average Bonchev–Trinajstić information content (AvgIpc) is 2.60. The van der Waals surface area contributed by atoms with Crippen LogP contribution < -0.4 is 20.5 Å². The van der Waals surface area contributed by atoms with Gasteiger partial charge in [-0.3, -0.25) is 4.79 Å². The lowest BCUT2D eigenvalue weighted by Gasteiger charge is -2.26. The molecule has 0 aromatic heterocycles. The van der Waals surface area contributed by atoms with E-state index in [2.05, 4.69) is 5.32 Å². The summed E-state index contributed by atoms with van der Waals surface area (Å²) in [6.07, 6.45) is 1.65. The van der Waals surface area contributed by atoms with Gasteiger partial charge >= 0.3 is 0 Å². The molecule has 8 heteroatoms. The lowest BCUT2D eigenvalue weighted by molar-refractivity contribution is -0.124. The van der Waals surface area contributed by atoms with Gasteiger partial charge in [0, 0.05) is 19.8 Å². The van der Waals surface area contributed by atoms with Crippen molar-refractivity contribution in [1.82, 2.24) is 5.32 Å². The molecule has 1 aromatic rings. The molecular formula is C16H22Cl2N2O4. The zero-order valence-corrected chi connectivity index (χ0v) is 14.8. The first-order valence-corrected chi connectivity index (χ1v) is 8.22. The van der Waals surface area contributed by atoms with Crippen LogP contribution in [-0.2, 0) is 16.1 Å². The Morgan fingerprint density at radius 1 is 1.25 bits per heavy atom. The van der Waals surface area contributed by atoms with E-state index in [9.17, 15) is 4.79 Å². The summed E-state index contributed by atoms with van der Waals surface area (Å²) >= 11 is 6.19. The Morgan fingerprint density at radius 2 is 1.96 bits per heavy atom. The zero-order valence-electron chi connectivity index (χ0n) is 13.3. The fraction of sp³-hybridized carbons (Fsp3) is 0.562. The van der Waals surface area contributed by atoms with Crippen LogP contribution >= 0.6 is 24.0 Å². The first-order chi connectivity index (χ1) is 11.1. The highest BCUT2D eigenvalue weighted by molar-refractivity contribution is 6.32. The first kappa shape index (κ1) is 19.1. The summed E-state index contributed by atoms with van der Waals surface area (Å²) in [6.45, 7) is 2.68. The Hall–Kier alpha value is -1.21. The lowest BCUT2D eigenvalue weighted by atomic mass is 9.92. The number of nitrogens with one attached hydrogen (secondary N) is 1. The third kappa shape index (κ3) is 4.45. The zero-order chi connectivity index (χ0) is 16.2. The Balaban J connectivity index is 0.00000208. The van der Waals surface area contributed by atoms with E-state index >= 15 is 0 Å². The van der Waals surface area contributed by atoms with Crippen molar-refractivity contribution in [3.05, 3.63) is 22.7 Å². The van der Waals surface area contributed by atoms with Gasteiger partial charge in [0.25, 0.3) is 0 Å². The maximum absolute atomic E-state index is 12.2.